The average molecular weight is 557 g/mol. The zero-order valence-electron chi connectivity index (χ0n) is 18.9. The summed E-state index contributed by atoms with van der Waals surface area (Å²) in [6, 6.07) is 18.6. The molecule has 182 valence electrons. The number of nitrogens with zero attached hydrogens (tertiary/aromatic N) is 4. The summed E-state index contributed by atoms with van der Waals surface area (Å²) < 4.78 is 7.41. The third-order valence-electron chi connectivity index (χ3n) is 5.29. The van der Waals surface area contributed by atoms with Gasteiger partial charge in [0.25, 0.3) is 5.91 Å². The van der Waals surface area contributed by atoms with Crippen LogP contribution in [0.1, 0.15) is 34.0 Å². The first-order valence-electron chi connectivity index (χ1n) is 10.9. The Bertz CT molecular complexity index is 1490. The number of amides is 1. The number of furan rings is 1. The van der Waals surface area contributed by atoms with E-state index >= 15 is 0 Å². The Morgan fingerprint density at radius 2 is 1.94 bits per heavy atom. The minimum Gasteiger partial charge on any atom is -0.461 e. The standard InChI is InChI=1S/C25H19Cl2N5O2S2/c1-15(16-6-3-2-4-7-16)28-24(33)20-13-35-22(29-20)14-36-25-31-30-23(21-8-5-11-34-21)32(25)17-9-10-18(26)19(27)12-17/h2-13,15H,14H2,1H3,(H,28,33). The number of hydrogen-bond donors (Lipinski definition) is 1. The van der Waals surface area contributed by atoms with Crippen LogP contribution in [0.3, 0.4) is 0 Å². The van der Waals surface area contributed by atoms with Crippen LogP contribution in [0.25, 0.3) is 17.3 Å². The molecule has 7 nitrogen and oxygen atoms in total. The molecule has 3 heterocycles. The van der Waals surface area contributed by atoms with Gasteiger partial charge in [-0.1, -0.05) is 65.3 Å². The Labute approximate surface area is 225 Å². The number of carbonyl (C=O) groups excluding carboxylic acids is 1. The van der Waals surface area contributed by atoms with Crippen molar-refractivity contribution in [3.8, 4) is 17.3 Å². The number of halogens is 2. The molecule has 0 aliphatic heterocycles. The van der Waals surface area contributed by atoms with E-state index in [1.165, 1.54) is 23.1 Å². The molecule has 5 rings (SSSR count). The van der Waals surface area contributed by atoms with Gasteiger partial charge in [-0.2, -0.15) is 0 Å². The minimum atomic E-state index is -0.210. The third-order valence-corrected chi connectivity index (χ3v) is 8.00. The smallest absolute Gasteiger partial charge is 0.271 e. The molecule has 36 heavy (non-hydrogen) atoms. The number of benzene rings is 2. The minimum absolute atomic E-state index is 0.122. The second kappa shape index (κ2) is 10.9. The highest BCUT2D eigenvalue weighted by Gasteiger charge is 2.20. The second-order valence-electron chi connectivity index (χ2n) is 7.74. The molecular formula is C25H19Cl2N5O2S2. The highest BCUT2D eigenvalue weighted by Crippen LogP contribution is 2.33. The maximum absolute atomic E-state index is 12.7. The summed E-state index contributed by atoms with van der Waals surface area (Å²) in [5, 5.41) is 15.8. The van der Waals surface area contributed by atoms with Crippen LogP contribution < -0.4 is 5.32 Å². The van der Waals surface area contributed by atoms with Crippen molar-refractivity contribution in [2.45, 2.75) is 23.9 Å². The molecule has 3 aromatic heterocycles. The Hall–Kier alpha value is -3.11. The van der Waals surface area contributed by atoms with E-state index in [9.17, 15) is 4.79 Å². The van der Waals surface area contributed by atoms with Crippen LogP contribution in [-0.4, -0.2) is 25.7 Å². The molecule has 0 saturated heterocycles. The van der Waals surface area contributed by atoms with Gasteiger partial charge in [0, 0.05) is 5.38 Å². The Morgan fingerprint density at radius 3 is 2.69 bits per heavy atom. The summed E-state index contributed by atoms with van der Waals surface area (Å²) in [7, 11) is 0. The van der Waals surface area contributed by atoms with Gasteiger partial charge in [-0.3, -0.25) is 9.36 Å². The molecule has 1 amide bonds. The van der Waals surface area contributed by atoms with Gasteiger partial charge in [-0.05, 0) is 42.8 Å². The summed E-state index contributed by atoms with van der Waals surface area (Å²) in [5.74, 6) is 1.40. The molecule has 0 spiro atoms. The predicted molar refractivity (Wildman–Crippen MR) is 143 cm³/mol. The fraction of sp³-hybridized carbons (Fsp3) is 0.120. The largest absolute Gasteiger partial charge is 0.461 e. The SMILES string of the molecule is CC(NC(=O)c1csc(CSc2nnc(-c3ccco3)n2-c2ccc(Cl)c(Cl)c2)n1)c1ccccc1. The molecule has 11 heteroatoms. The highest BCUT2D eigenvalue weighted by molar-refractivity contribution is 7.98. The first-order chi connectivity index (χ1) is 17.5. The van der Waals surface area contributed by atoms with E-state index in [4.69, 9.17) is 27.6 Å². The first-order valence-corrected chi connectivity index (χ1v) is 13.5. The zero-order chi connectivity index (χ0) is 25.1. The van der Waals surface area contributed by atoms with Gasteiger partial charge in [0.15, 0.2) is 10.9 Å². The molecule has 1 unspecified atom stereocenters. The lowest BCUT2D eigenvalue weighted by Crippen LogP contribution is -2.26. The van der Waals surface area contributed by atoms with Gasteiger partial charge in [0.1, 0.15) is 10.7 Å². The van der Waals surface area contributed by atoms with Gasteiger partial charge in [0.05, 0.1) is 33.8 Å². The maximum Gasteiger partial charge on any atom is 0.271 e. The van der Waals surface area contributed by atoms with Crippen LogP contribution in [0, 0.1) is 0 Å². The number of hydrogen-bond acceptors (Lipinski definition) is 7. The fourth-order valence-electron chi connectivity index (χ4n) is 3.49. The average Bonchev–Trinajstić information content (AvgIpc) is 3.65. The van der Waals surface area contributed by atoms with Crippen LogP contribution in [0.15, 0.2) is 81.9 Å². The van der Waals surface area contributed by atoms with E-state index in [2.05, 4.69) is 20.5 Å². The lowest BCUT2D eigenvalue weighted by Gasteiger charge is -2.13. The van der Waals surface area contributed by atoms with Crippen molar-refractivity contribution in [1.29, 1.82) is 0 Å². The second-order valence-corrected chi connectivity index (χ2v) is 10.4. The summed E-state index contributed by atoms with van der Waals surface area (Å²) in [6.45, 7) is 1.95. The van der Waals surface area contributed by atoms with E-state index < -0.39 is 0 Å². The van der Waals surface area contributed by atoms with Crippen molar-refractivity contribution in [3.63, 3.8) is 0 Å². The van der Waals surface area contributed by atoms with Crippen LogP contribution in [-0.2, 0) is 5.75 Å². The van der Waals surface area contributed by atoms with Gasteiger partial charge < -0.3 is 9.73 Å². The Morgan fingerprint density at radius 1 is 1.11 bits per heavy atom. The number of thiazole rings is 1. The molecule has 0 aliphatic carbocycles. The highest BCUT2D eigenvalue weighted by atomic mass is 35.5. The molecular weight excluding hydrogens is 537 g/mol. The Kier molecular flexibility index (Phi) is 7.43. The van der Waals surface area contributed by atoms with Crippen molar-refractivity contribution >= 4 is 52.2 Å². The molecule has 2 aromatic carbocycles. The van der Waals surface area contributed by atoms with Crippen LogP contribution >= 0.6 is 46.3 Å². The lowest BCUT2D eigenvalue weighted by atomic mass is 10.1. The molecule has 0 radical (unpaired) electrons. The van der Waals surface area contributed by atoms with Crippen molar-refractivity contribution in [3.05, 3.63) is 98.6 Å². The monoisotopic (exact) mass is 555 g/mol. The summed E-state index contributed by atoms with van der Waals surface area (Å²) in [5.41, 5.74) is 2.17. The maximum atomic E-state index is 12.7. The lowest BCUT2D eigenvalue weighted by molar-refractivity contribution is 0.0935. The molecule has 1 atom stereocenters. The topological polar surface area (TPSA) is 85.8 Å². The fourth-order valence-corrected chi connectivity index (χ4v) is 5.53. The molecule has 0 aliphatic rings. The van der Waals surface area contributed by atoms with Gasteiger partial charge >= 0.3 is 0 Å². The number of aromatic nitrogens is 4. The summed E-state index contributed by atoms with van der Waals surface area (Å²) >= 11 is 15.3. The van der Waals surface area contributed by atoms with Crippen molar-refractivity contribution in [2.75, 3.05) is 0 Å². The van der Waals surface area contributed by atoms with Gasteiger partial charge in [-0.25, -0.2) is 4.98 Å². The first kappa shape index (κ1) is 24.6. The normalized spacial score (nSPS) is 12.0. The predicted octanol–water partition coefficient (Wildman–Crippen LogP) is 7.07. The van der Waals surface area contributed by atoms with E-state index in [-0.39, 0.29) is 11.9 Å². The van der Waals surface area contributed by atoms with Crippen molar-refractivity contribution in [1.82, 2.24) is 25.1 Å². The quantitative estimate of drug-likeness (QED) is 0.206. The van der Waals surface area contributed by atoms with E-state index in [1.54, 1.807) is 29.8 Å². The molecule has 0 saturated carbocycles. The van der Waals surface area contributed by atoms with Crippen LogP contribution in [0.2, 0.25) is 10.0 Å². The molecule has 0 fully saturated rings. The summed E-state index contributed by atoms with van der Waals surface area (Å²) in [6.07, 6.45) is 1.58. The van der Waals surface area contributed by atoms with Crippen molar-refractivity contribution in [2.24, 2.45) is 0 Å². The van der Waals surface area contributed by atoms with Gasteiger partial charge in [-0.15, -0.1) is 21.5 Å². The number of nitrogens with one attached hydrogen (secondary N) is 1. The molecule has 0 bridgehead atoms. The van der Waals surface area contributed by atoms with Crippen molar-refractivity contribution < 1.29 is 9.21 Å². The van der Waals surface area contributed by atoms with E-state index in [0.717, 1.165) is 16.3 Å². The molecule has 1 N–H and O–H groups in total. The third kappa shape index (κ3) is 5.34. The molecule has 5 aromatic rings. The van der Waals surface area contributed by atoms with E-state index in [0.29, 0.717) is 38.2 Å². The number of carbonyl (C=O) groups is 1. The van der Waals surface area contributed by atoms with Crippen LogP contribution in [0.5, 0.6) is 0 Å². The zero-order valence-corrected chi connectivity index (χ0v) is 22.0. The Balaban J connectivity index is 1.33. The number of rotatable bonds is 8. The summed E-state index contributed by atoms with van der Waals surface area (Å²) in [4.78, 5) is 17.2. The van der Waals surface area contributed by atoms with Crippen LogP contribution in [0.4, 0.5) is 0 Å². The van der Waals surface area contributed by atoms with Gasteiger partial charge in [0.2, 0.25) is 5.82 Å². The van der Waals surface area contributed by atoms with E-state index in [1.807, 2.05) is 54.0 Å². The number of thioether (sulfide) groups is 1.